The quantitative estimate of drug-likeness (QED) is 0.688. The maximum absolute atomic E-state index is 5.58. The zero-order chi connectivity index (χ0) is 17.1. The Kier molecular flexibility index (Phi) is 4.95. The van der Waals surface area contributed by atoms with Crippen LogP contribution >= 0.6 is 23.6 Å². The van der Waals surface area contributed by atoms with E-state index in [2.05, 4.69) is 58.7 Å². The fourth-order valence-corrected chi connectivity index (χ4v) is 4.67. The minimum absolute atomic E-state index is 0.561. The van der Waals surface area contributed by atoms with Crippen LogP contribution in [0.4, 0.5) is 0 Å². The lowest BCUT2D eigenvalue weighted by Gasteiger charge is -2.33. The van der Waals surface area contributed by atoms with Gasteiger partial charge in [0.1, 0.15) is 0 Å². The van der Waals surface area contributed by atoms with Gasteiger partial charge in [0.15, 0.2) is 5.11 Å². The maximum Gasteiger partial charge on any atom is 0.169 e. The van der Waals surface area contributed by atoms with Gasteiger partial charge in [-0.3, -0.25) is 0 Å². The van der Waals surface area contributed by atoms with Crippen LogP contribution < -0.4 is 5.32 Å². The summed E-state index contributed by atoms with van der Waals surface area (Å²) in [4.78, 5) is 7.13. The highest BCUT2D eigenvalue weighted by atomic mass is 32.1. The number of rotatable bonds is 3. The number of nitrogens with one attached hydrogen (secondary N) is 1. The standard InChI is InChI=1S/C20H21N3S2/c24-20(21-14-15-6-2-1-3-7-15)23-12-10-16(11-13-23)19-22-17-8-4-5-9-18(17)25-19/h1-9,16H,10-14H2,(H,21,24). The van der Waals surface area contributed by atoms with Gasteiger partial charge >= 0.3 is 0 Å². The molecule has 0 aliphatic carbocycles. The summed E-state index contributed by atoms with van der Waals surface area (Å²) in [5.74, 6) is 0.561. The van der Waals surface area contributed by atoms with Crippen molar-refractivity contribution in [1.82, 2.24) is 15.2 Å². The normalized spacial score (nSPS) is 15.4. The Morgan fingerprint density at radius 1 is 1.08 bits per heavy atom. The Morgan fingerprint density at radius 2 is 1.80 bits per heavy atom. The molecule has 1 aliphatic heterocycles. The van der Waals surface area contributed by atoms with Gasteiger partial charge in [-0.2, -0.15) is 0 Å². The summed E-state index contributed by atoms with van der Waals surface area (Å²) in [5.41, 5.74) is 2.39. The van der Waals surface area contributed by atoms with Crippen LogP contribution in [-0.2, 0) is 6.54 Å². The molecule has 0 saturated carbocycles. The van der Waals surface area contributed by atoms with Crippen molar-refractivity contribution in [1.29, 1.82) is 0 Å². The first-order valence-electron chi connectivity index (χ1n) is 8.72. The predicted octanol–water partition coefficient (Wildman–Crippen LogP) is 4.55. The molecule has 0 radical (unpaired) electrons. The summed E-state index contributed by atoms with van der Waals surface area (Å²) < 4.78 is 1.29. The zero-order valence-corrected chi connectivity index (χ0v) is 15.7. The molecular formula is C20H21N3S2. The van der Waals surface area contributed by atoms with Crippen molar-refractivity contribution in [2.24, 2.45) is 0 Å². The number of benzene rings is 2. The maximum atomic E-state index is 5.58. The van der Waals surface area contributed by atoms with Crippen molar-refractivity contribution in [3.8, 4) is 0 Å². The molecule has 0 atom stereocenters. The van der Waals surface area contributed by atoms with E-state index in [1.54, 1.807) is 0 Å². The molecule has 5 heteroatoms. The average molecular weight is 368 g/mol. The van der Waals surface area contributed by atoms with Crippen LogP contribution in [0.5, 0.6) is 0 Å². The molecule has 2 aromatic carbocycles. The first-order valence-corrected chi connectivity index (χ1v) is 9.94. The van der Waals surface area contributed by atoms with Crippen LogP contribution in [0.3, 0.4) is 0 Å². The lowest BCUT2D eigenvalue weighted by molar-refractivity contribution is 0.309. The summed E-state index contributed by atoms with van der Waals surface area (Å²) in [6.07, 6.45) is 2.24. The highest BCUT2D eigenvalue weighted by molar-refractivity contribution is 7.80. The van der Waals surface area contributed by atoms with Gasteiger partial charge in [0.2, 0.25) is 0 Å². The number of likely N-dealkylation sites (tertiary alicyclic amines) is 1. The number of aromatic nitrogens is 1. The Balaban J connectivity index is 1.32. The van der Waals surface area contributed by atoms with Gasteiger partial charge in [0.05, 0.1) is 15.2 Å². The third kappa shape index (κ3) is 3.83. The zero-order valence-electron chi connectivity index (χ0n) is 14.0. The fourth-order valence-electron chi connectivity index (χ4n) is 3.28. The third-order valence-corrected chi connectivity index (χ3v) is 6.33. The SMILES string of the molecule is S=C(NCc1ccccc1)N1CCC(c2nc3ccccc3s2)CC1. The van der Waals surface area contributed by atoms with Crippen LogP contribution in [0.1, 0.15) is 29.3 Å². The van der Waals surface area contributed by atoms with Crippen LogP contribution in [0.25, 0.3) is 10.2 Å². The molecule has 25 heavy (non-hydrogen) atoms. The van der Waals surface area contributed by atoms with Crippen molar-refractivity contribution < 1.29 is 0 Å². The summed E-state index contributed by atoms with van der Waals surface area (Å²) in [6.45, 7) is 2.79. The van der Waals surface area contributed by atoms with Gasteiger partial charge in [-0.05, 0) is 42.8 Å². The molecule has 1 saturated heterocycles. The molecule has 128 valence electrons. The molecule has 1 aliphatic rings. The van der Waals surface area contributed by atoms with E-state index in [-0.39, 0.29) is 0 Å². The van der Waals surface area contributed by atoms with Gasteiger partial charge in [0.25, 0.3) is 0 Å². The van der Waals surface area contributed by atoms with Crippen molar-refractivity contribution >= 4 is 38.9 Å². The van der Waals surface area contributed by atoms with Crippen molar-refractivity contribution in [2.45, 2.75) is 25.3 Å². The highest BCUT2D eigenvalue weighted by Gasteiger charge is 2.24. The van der Waals surface area contributed by atoms with Gasteiger partial charge in [0, 0.05) is 25.6 Å². The van der Waals surface area contributed by atoms with E-state index < -0.39 is 0 Å². The molecule has 4 rings (SSSR count). The summed E-state index contributed by atoms with van der Waals surface area (Å²) >= 11 is 7.43. The Bertz CT molecular complexity index is 819. The number of thiocarbonyl (C=S) groups is 1. The molecule has 1 aromatic heterocycles. The molecule has 1 N–H and O–H groups in total. The lowest BCUT2D eigenvalue weighted by Crippen LogP contribution is -2.43. The number of hydrogen-bond acceptors (Lipinski definition) is 3. The van der Waals surface area contributed by atoms with E-state index in [0.29, 0.717) is 5.92 Å². The van der Waals surface area contributed by atoms with E-state index in [4.69, 9.17) is 17.2 Å². The first-order chi connectivity index (χ1) is 12.3. The number of hydrogen-bond donors (Lipinski definition) is 1. The second-order valence-electron chi connectivity index (χ2n) is 6.43. The van der Waals surface area contributed by atoms with E-state index in [1.807, 2.05) is 17.4 Å². The number of piperidine rings is 1. The lowest BCUT2D eigenvalue weighted by atomic mass is 9.98. The van der Waals surface area contributed by atoms with Gasteiger partial charge in [-0.25, -0.2) is 4.98 Å². The van der Waals surface area contributed by atoms with Crippen molar-refractivity contribution in [2.75, 3.05) is 13.1 Å². The molecule has 0 spiro atoms. The summed E-state index contributed by atoms with van der Waals surface area (Å²) in [5, 5.41) is 5.54. The van der Waals surface area contributed by atoms with Gasteiger partial charge in [-0.1, -0.05) is 42.5 Å². The molecule has 0 amide bonds. The predicted molar refractivity (Wildman–Crippen MR) is 109 cm³/mol. The minimum Gasteiger partial charge on any atom is -0.358 e. The summed E-state index contributed by atoms with van der Waals surface area (Å²) in [6, 6.07) is 18.8. The largest absolute Gasteiger partial charge is 0.358 e. The van der Waals surface area contributed by atoms with Crippen LogP contribution in [0, 0.1) is 0 Å². The molecular weight excluding hydrogens is 346 g/mol. The Morgan fingerprint density at radius 3 is 2.56 bits per heavy atom. The minimum atomic E-state index is 0.561. The van der Waals surface area contributed by atoms with Crippen LogP contribution in [0.15, 0.2) is 54.6 Å². The molecule has 2 heterocycles. The smallest absolute Gasteiger partial charge is 0.169 e. The number of thiazole rings is 1. The average Bonchev–Trinajstić information content (AvgIpc) is 3.11. The van der Waals surface area contributed by atoms with Crippen molar-refractivity contribution in [3.05, 3.63) is 65.2 Å². The third-order valence-electron chi connectivity index (χ3n) is 4.73. The number of para-hydroxylation sites is 1. The second kappa shape index (κ2) is 7.50. The number of fused-ring (bicyclic) bond motifs is 1. The van der Waals surface area contributed by atoms with Crippen LogP contribution in [-0.4, -0.2) is 28.1 Å². The molecule has 3 nitrogen and oxygen atoms in total. The first kappa shape index (κ1) is 16.5. The Labute approximate surface area is 157 Å². The van der Waals surface area contributed by atoms with Crippen LogP contribution in [0.2, 0.25) is 0 Å². The highest BCUT2D eigenvalue weighted by Crippen LogP contribution is 2.33. The molecule has 3 aromatic rings. The molecule has 0 bridgehead atoms. The fraction of sp³-hybridized carbons (Fsp3) is 0.300. The van der Waals surface area contributed by atoms with E-state index in [0.717, 1.165) is 43.1 Å². The molecule has 0 unspecified atom stereocenters. The Hall–Kier alpha value is -1.98. The monoisotopic (exact) mass is 367 g/mol. The van der Waals surface area contributed by atoms with Gasteiger partial charge in [-0.15, -0.1) is 11.3 Å². The van der Waals surface area contributed by atoms with E-state index in [9.17, 15) is 0 Å². The second-order valence-corrected chi connectivity index (χ2v) is 7.87. The van der Waals surface area contributed by atoms with Crippen molar-refractivity contribution in [3.63, 3.8) is 0 Å². The molecule has 1 fully saturated rings. The van der Waals surface area contributed by atoms with Gasteiger partial charge < -0.3 is 10.2 Å². The summed E-state index contributed by atoms with van der Waals surface area (Å²) in [7, 11) is 0. The van der Waals surface area contributed by atoms with E-state index >= 15 is 0 Å². The van der Waals surface area contributed by atoms with E-state index in [1.165, 1.54) is 15.3 Å². The number of nitrogens with zero attached hydrogens (tertiary/aromatic N) is 2. The topological polar surface area (TPSA) is 28.2 Å².